The first-order valence-electron chi connectivity index (χ1n) is 7.35. The molecule has 5 heteroatoms. The van der Waals surface area contributed by atoms with Gasteiger partial charge in [0.25, 0.3) is 0 Å². The molecule has 0 aromatic carbocycles. The highest BCUT2D eigenvalue weighted by atomic mass is 16.4. The van der Waals surface area contributed by atoms with Crippen LogP contribution in [0.3, 0.4) is 0 Å². The molecular weight excluding hydrogens is 254 g/mol. The van der Waals surface area contributed by atoms with E-state index in [-0.39, 0.29) is 11.5 Å². The molecule has 20 heavy (non-hydrogen) atoms. The molecule has 1 aromatic heterocycles. The van der Waals surface area contributed by atoms with E-state index in [1.807, 2.05) is 10.9 Å². The number of nitrogens with zero attached hydrogens (tertiary/aromatic N) is 3. The molecule has 1 aliphatic rings. The van der Waals surface area contributed by atoms with Crippen LogP contribution >= 0.6 is 0 Å². The Balaban J connectivity index is 1.79. The van der Waals surface area contributed by atoms with Crippen molar-refractivity contribution in [3.05, 3.63) is 18.0 Å². The number of aromatic nitrogens is 2. The molecule has 1 N–H and O–H groups in total. The summed E-state index contributed by atoms with van der Waals surface area (Å²) in [6, 6.07) is 0. The molecular formula is C15H25N3O2. The van der Waals surface area contributed by atoms with Gasteiger partial charge in [-0.15, -0.1) is 0 Å². The molecule has 0 unspecified atom stereocenters. The smallest absolute Gasteiger partial charge is 0.306 e. The molecule has 0 saturated carbocycles. The van der Waals surface area contributed by atoms with Gasteiger partial charge in [0, 0.05) is 12.7 Å². The second kappa shape index (κ2) is 5.95. The van der Waals surface area contributed by atoms with Crippen LogP contribution in [0.4, 0.5) is 0 Å². The van der Waals surface area contributed by atoms with E-state index in [0.29, 0.717) is 0 Å². The number of hydrogen-bond acceptors (Lipinski definition) is 3. The van der Waals surface area contributed by atoms with Crippen molar-refractivity contribution in [2.45, 2.75) is 45.6 Å². The van der Waals surface area contributed by atoms with Crippen LogP contribution in [0.5, 0.6) is 0 Å². The maximum Gasteiger partial charge on any atom is 0.306 e. The summed E-state index contributed by atoms with van der Waals surface area (Å²) < 4.78 is 2.00. The van der Waals surface area contributed by atoms with Crippen molar-refractivity contribution in [2.24, 2.45) is 5.92 Å². The van der Waals surface area contributed by atoms with Crippen molar-refractivity contribution in [3.8, 4) is 0 Å². The maximum atomic E-state index is 10.9. The van der Waals surface area contributed by atoms with Gasteiger partial charge in [0.05, 0.1) is 17.7 Å². The van der Waals surface area contributed by atoms with Gasteiger partial charge >= 0.3 is 5.97 Å². The lowest BCUT2D eigenvalue weighted by Gasteiger charge is -2.29. The fraction of sp³-hybridized carbons (Fsp3) is 0.733. The normalized spacial score (nSPS) is 18.4. The van der Waals surface area contributed by atoms with Crippen LogP contribution in [0.15, 0.2) is 12.4 Å². The Bertz CT molecular complexity index is 454. The molecule has 0 radical (unpaired) electrons. The molecule has 0 bridgehead atoms. The van der Waals surface area contributed by atoms with Gasteiger partial charge in [0.2, 0.25) is 0 Å². The molecule has 112 valence electrons. The topological polar surface area (TPSA) is 58.4 Å². The number of likely N-dealkylation sites (tertiary alicyclic amines) is 1. The summed E-state index contributed by atoms with van der Waals surface area (Å²) in [5.41, 5.74) is 1.28. The van der Waals surface area contributed by atoms with Gasteiger partial charge in [-0.3, -0.25) is 9.48 Å². The lowest BCUT2D eigenvalue weighted by molar-refractivity contribution is -0.143. The fourth-order valence-corrected chi connectivity index (χ4v) is 2.55. The molecule has 1 aromatic rings. The number of hydrogen-bond donors (Lipinski definition) is 1. The number of carboxylic acid groups (broad SMARTS) is 1. The Kier molecular flexibility index (Phi) is 4.48. The second-order valence-electron chi connectivity index (χ2n) is 6.67. The molecule has 1 saturated heterocycles. The highest BCUT2D eigenvalue weighted by Gasteiger charge is 2.24. The predicted molar refractivity (Wildman–Crippen MR) is 77.7 cm³/mol. The zero-order valence-electron chi connectivity index (χ0n) is 12.7. The summed E-state index contributed by atoms with van der Waals surface area (Å²) in [4.78, 5) is 13.3. The van der Waals surface area contributed by atoms with Crippen LogP contribution in [0, 0.1) is 5.92 Å². The zero-order chi connectivity index (χ0) is 14.8. The molecule has 0 aliphatic carbocycles. The van der Waals surface area contributed by atoms with Crippen LogP contribution in [-0.2, 0) is 16.8 Å². The van der Waals surface area contributed by atoms with Crippen LogP contribution in [0.2, 0.25) is 0 Å². The molecule has 2 rings (SSSR count). The molecule has 1 fully saturated rings. The third-order valence-electron chi connectivity index (χ3n) is 3.98. The summed E-state index contributed by atoms with van der Waals surface area (Å²) >= 11 is 0. The first-order chi connectivity index (χ1) is 9.36. The van der Waals surface area contributed by atoms with E-state index < -0.39 is 5.97 Å². The van der Waals surface area contributed by atoms with Crippen molar-refractivity contribution < 1.29 is 9.90 Å². The van der Waals surface area contributed by atoms with Gasteiger partial charge in [-0.05, 0) is 58.7 Å². The minimum atomic E-state index is -0.642. The zero-order valence-corrected chi connectivity index (χ0v) is 12.7. The van der Waals surface area contributed by atoms with Crippen molar-refractivity contribution in [2.75, 3.05) is 19.6 Å². The average molecular weight is 279 g/mol. The minimum Gasteiger partial charge on any atom is -0.481 e. The van der Waals surface area contributed by atoms with E-state index >= 15 is 0 Å². The lowest BCUT2D eigenvalue weighted by atomic mass is 9.97. The third-order valence-corrected chi connectivity index (χ3v) is 3.98. The molecule has 2 heterocycles. The van der Waals surface area contributed by atoms with E-state index in [1.165, 1.54) is 5.56 Å². The molecule has 0 amide bonds. The minimum absolute atomic E-state index is 0.0259. The highest BCUT2D eigenvalue weighted by molar-refractivity contribution is 5.70. The van der Waals surface area contributed by atoms with Crippen molar-refractivity contribution in [1.29, 1.82) is 0 Å². The van der Waals surface area contributed by atoms with Gasteiger partial charge in [-0.1, -0.05) is 0 Å². The van der Waals surface area contributed by atoms with Gasteiger partial charge < -0.3 is 10.0 Å². The first-order valence-corrected chi connectivity index (χ1v) is 7.35. The maximum absolute atomic E-state index is 10.9. The Morgan fingerprint density at radius 2 is 2.05 bits per heavy atom. The SMILES string of the molecule is CC(C)(C)n1cc(CCN2CCC(C(=O)O)CC2)cn1. The summed E-state index contributed by atoms with van der Waals surface area (Å²) in [6.07, 6.45) is 6.58. The van der Waals surface area contributed by atoms with Gasteiger partial charge in [-0.25, -0.2) is 0 Å². The van der Waals surface area contributed by atoms with Gasteiger partial charge in [-0.2, -0.15) is 5.10 Å². The van der Waals surface area contributed by atoms with Crippen LogP contribution in [-0.4, -0.2) is 45.4 Å². The summed E-state index contributed by atoms with van der Waals surface area (Å²) in [6.45, 7) is 9.19. The summed E-state index contributed by atoms with van der Waals surface area (Å²) in [5.74, 6) is -0.786. The van der Waals surface area contributed by atoms with Gasteiger partial charge in [0.1, 0.15) is 0 Å². The Morgan fingerprint density at radius 1 is 1.40 bits per heavy atom. The molecule has 0 atom stereocenters. The van der Waals surface area contributed by atoms with Crippen LogP contribution in [0.25, 0.3) is 0 Å². The standard InChI is InChI=1S/C15H25N3O2/c1-15(2,3)18-11-12(10-16-18)4-7-17-8-5-13(6-9-17)14(19)20/h10-11,13H,4-9H2,1-3H3,(H,19,20). The van der Waals surface area contributed by atoms with E-state index in [1.54, 1.807) is 0 Å². The quantitative estimate of drug-likeness (QED) is 0.915. The molecule has 5 nitrogen and oxygen atoms in total. The van der Waals surface area contributed by atoms with Crippen LogP contribution in [0.1, 0.15) is 39.2 Å². The van der Waals surface area contributed by atoms with Crippen LogP contribution < -0.4 is 0 Å². The largest absolute Gasteiger partial charge is 0.481 e. The predicted octanol–water partition coefficient (Wildman–Crippen LogP) is 1.98. The summed E-state index contributed by atoms with van der Waals surface area (Å²) in [7, 11) is 0. The lowest BCUT2D eigenvalue weighted by Crippen LogP contribution is -2.37. The van der Waals surface area contributed by atoms with E-state index in [4.69, 9.17) is 5.11 Å². The van der Waals surface area contributed by atoms with E-state index in [9.17, 15) is 4.79 Å². The van der Waals surface area contributed by atoms with Crippen molar-refractivity contribution in [1.82, 2.24) is 14.7 Å². The van der Waals surface area contributed by atoms with Crippen molar-refractivity contribution >= 4 is 5.97 Å². The average Bonchev–Trinajstić information content (AvgIpc) is 2.85. The van der Waals surface area contributed by atoms with Crippen molar-refractivity contribution in [3.63, 3.8) is 0 Å². The van der Waals surface area contributed by atoms with E-state index in [0.717, 1.165) is 38.9 Å². The number of carboxylic acids is 1. The van der Waals surface area contributed by atoms with E-state index in [2.05, 4.69) is 37.0 Å². The number of carbonyl (C=O) groups is 1. The first kappa shape index (κ1) is 15.0. The highest BCUT2D eigenvalue weighted by Crippen LogP contribution is 2.18. The Hall–Kier alpha value is -1.36. The van der Waals surface area contributed by atoms with Gasteiger partial charge in [0.15, 0.2) is 0 Å². The third kappa shape index (κ3) is 3.82. The monoisotopic (exact) mass is 279 g/mol. The molecule has 1 aliphatic heterocycles. The number of piperidine rings is 1. The Morgan fingerprint density at radius 3 is 2.55 bits per heavy atom. The number of aliphatic carboxylic acids is 1. The molecule has 0 spiro atoms. The summed E-state index contributed by atoms with van der Waals surface area (Å²) in [5, 5.41) is 13.4. The fourth-order valence-electron chi connectivity index (χ4n) is 2.55. The Labute approximate surface area is 120 Å². The second-order valence-corrected chi connectivity index (χ2v) is 6.67. The number of rotatable bonds is 4.